The first kappa shape index (κ1) is 25.3. The number of rotatable bonds is 8. The molecule has 198 valence electrons. The molecule has 8 heteroatoms. The van der Waals surface area contributed by atoms with Crippen molar-refractivity contribution >= 4 is 17.7 Å². The number of carbonyl (C=O) groups is 2. The maximum absolute atomic E-state index is 13.5. The fourth-order valence-corrected chi connectivity index (χ4v) is 7.48. The van der Waals surface area contributed by atoms with Gasteiger partial charge in [0.15, 0.2) is 0 Å². The highest BCUT2D eigenvalue weighted by Crippen LogP contribution is 2.55. The first-order chi connectivity index (χ1) is 17.1. The van der Waals surface area contributed by atoms with Crippen LogP contribution in [0.1, 0.15) is 82.5 Å². The second kappa shape index (κ2) is 9.51. The maximum Gasteiger partial charge on any atom is 0.309 e. The summed E-state index contributed by atoms with van der Waals surface area (Å²) in [5, 5.41) is 23.9. The molecule has 1 aromatic rings. The number of hydrogen-bond acceptors (Lipinski definition) is 6. The van der Waals surface area contributed by atoms with Crippen molar-refractivity contribution in [2.45, 2.75) is 83.8 Å². The van der Waals surface area contributed by atoms with Gasteiger partial charge in [-0.2, -0.15) is 4.98 Å². The Morgan fingerprint density at radius 3 is 2.58 bits per heavy atom. The van der Waals surface area contributed by atoms with Gasteiger partial charge in [0.2, 0.25) is 5.88 Å². The molecule has 2 heterocycles. The molecule has 0 radical (unpaired) electrons. The van der Waals surface area contributed by atoms with Gasteiger partial charge in [-0.15, -0.1) is 0 Å². The zero-order valence-corrected chi connectivity index (χ0v) is 21.8. The molecule has 1 amide bonds. The molecule has 0 aromatic carbocycles. The van der Waals surface area contributed by atoms with Crippen molar-refractivity contribution in [2.24, 2.45) is 29.1 Å². The number of carboxylic acids is 1. The number of ether oxygens (including phenoxy) is 1. The SMILES string of the molecule is CCCOc1nc(N2CCCC(C(C)(C)C(=O)O)C2)ccc1C(=O)NC1C2CC3CC1CC(O)(C3)C2. The van der Waals surface area contributed by atoms with Crippen molar-refractivity contribution in [1.82, 2.24) is 10.3 Å². The summed E-state index contributed by atoms with van der Waals surface area (Å²) < 4.78 is 5.96. The van der Waals surface area contributed by atoms with Crippen LogP contribution in [0, 0.1) is 29.1 Å². The first-order valence-electron chi connectivity index (χ1n) is 13.7. The molecule has 0 spiro atoms. The van der Waals surface area contributed by atoms with Gasteiger partial charge in [0.05, 0.1) is 17.6 Å². The largest absolute Gasteiger partial charge is 0.481 e. The third-order valence-electron chi connectivity index (χ3n) is 9.39. The topological polar surface area (TPSA) is 112 Å². The predicted molar refractivity (Wildman–Crippen MR) is 136 cm³/mol. The Bertz CT molecular complexity index is 995. The van der Waals surface area contributed by atoms with Crippen LogP contribution < -0.4 is 15.0 Å². The second-order valence-electron chi connectivity index (χ2n) is 12.4. The van der Waals surface area contributed by atoms with Crippen LogP contribution in [-0.2, 0) is 4.79 Å². The molecule has 4 saturated carbocycles. The minimum atomic E-state index is -0.814. The third-order valence-corrected chi connectivity index (χ3v) is 9.39. The number of hydrogen-bond donors (Lipinski definition) is 3. The Morgan fingerprint density at radius 1 is 1.22 bits per heavy atom. The van der Waals surface area contributed by atoms with Crippen molar-refractivity contribution in [3.8, 4) is 5.88 Å². The first-order valence-corrected chi connectivity index (χ1v) is 13.7. The van der Waals surface area contributed by atoms with E-state index in [4.69, 9.17) is 9.72 Å². The van der Waals surface area contributed by atoms with Gasteiger partial charge >= 0.3 is 5.97 Å². The monoisotopic (exact) mass is 499 g/mol. The lowest BCUT2D eigenvalue weighted by Crippen LogP contribution is -2.61. The van der Waals surface area contributed by atoms with Crippen molar-refractivity contribution < 1.29 is 24.5 Å². The van der Waals surface area contributed by atoms with Gasteiger partial charge in [-0.3, -0.25) is 9.59 Å². The number of aliphatic carboxylic acids is 1. The molecule has 5 fully saturated rings. The Morgan fingerprint density at radius 2 is 1.94 bits per heavy atom. The summed E-state index contributed by atoms with van der Waals surface area (Å²) >= 11 is 0. The van der Waals surface area contributed by atoms with E-state index in [1.54, 1.807) is 19.9 Å². The summed E-state index contributed by atoms with van der Waals surface area (Å²) in [5.41, 5.74) is -0.900. The lowest BCUT2D eigenvalue weighted by Gasteiger charge is -2.58. The Kier molecular flexibility index (Phi) is 6.68. The molecule has 8 nitrogen and oxygen atoms in total. The van der Waals surface area contributed by atoms with E-state index < -0.39 is 17.0 Å². The Labute approximate surface area is 213 Å². The average Bonchev–Trinajstić information content (AvgIpc) is 2.83. The lowest BCUT2D eigenvalue weighted by atomic mass is 9.52. The minimum Gasteiger partial charge on any atom is -0.481 e. The molecule has 36 heavy (non-hydrogen) atoms. The van der Waals surface area contributed by atoms with E-state index in [9.17, 15) is 19.8 Å². The molecule has 3 unspecified atom stereocenters. The Balaban J connectivity index is 1.33. The summed E-state index contributed by atoms with van der Waals surface area (Å²) in [6.07, 6.45) is 7.23. The van der Waals surface area contributed by atoms with E-state index >= 15 is 0 Å². The van der Waals surface area contributed by atoms with Gasteiger partial charge in [-0.05, 0) is 101 Å². The summed E-state index contributed by atoms with van der Waals surface area (Å²) in [4.78, 5) is 32.2. The van der Waals surface area contributed by atoms with Gasteiger partial charge in [0.1, 0.15) is 11.4 Å². The van der Waals surface area contributed by atoms with Crippen LogP contribution >= 0.6 is 0 Å². The van der Waals surface area contributed by atoms with Crippen LogP contribution in [0.4, 0.5) is 5.82 Å². The number of piperidine rings is 1. The van der Waals surface area contributed by atoms with Crippen molar-refractivity contribution in [3.63, 3.8) is 0 Å². The second-order valence-corrected chi connectivity index (χ2v) is 12.4. The zero-order valence-electron chi connectivity index (χ0n) is 21.8. The summed E-state index contributed by atoms with van der Waals surface area (Å²) in [6, 6.07) is 3.76. The summed E-state index contributed by atoms with van der Waals surface area (Å²) in [7, 11) is 0. The fourth-order valence-electron chi connectivity index (χ4n) is 7.48. The zero-order chi connectivity index (χ0) is 25.7. The number of amides is 1. The van der Waals surface area contributed by atoms with Crippen LogP contribution in [0.15, 0.2) is 12.1 Å². The molecule has 3 atom stereocenters. The molecule has 1 saturated heterocycles. The van der Waals surface area contributed by atoms with E-state index in [-0.39, 0.29) is 17.9 Å². The van der Waals surface area contributed by atoms with E-state index in [0.29, 0.717) is 42.3 Å². The predicted octanol–water partition coefficient (Wildman–Crippen LogP) is 3.87. The molecular formula is C28H41N3O5. The van der Waals surface area contributed by atoms with Crippen LogP contribution in [0.25, 0.3) is 0 Å². The van der Waals surface area contributed by atoms with Gasteiger partial charge in [0.25, 0.3) is 5.91 Å². The molecule has 3 N–H and O–H groups in total. The van der Waals surface area contributed by atoms with Gasteiger partial charge < -0.3 is 25.2 Å². The smallest absolute Gasteiger partial charge is 0.309 e. The highest BCUT2D eigenvalue weighted by molar-refractivity contribution is 5.97. The standard InChI is InChI=1S/C28H41N3O5/c1-4-10-36-25-21(24(32)30-23-18-11-17-12-19(23)15-28(35,13-17)14-18)7-8-22(29-25)31-9-5-6-20(16-31)27(2,3)26(33)34/h7-8,17-20,23,35H,4-6,9-16H2,1-3H3,(H,30,32)(H,33,34). The van der Waals surface area contributed by atoms with Crippen LogP contribution in [0.2, 0.25) is 0 Å². The van der Waals surface area contributed by atoms with Gasteiger partial charge in [-0.1, -0.05) is 6.92 Å². The number of nitrogens with one attached hydrogen (secondary N) is 1. The molecule has 6 rings (SSSR count). The highest BCUT2D eigenvalue weighted by Gasteiger charge is 2.55. The molecule has 4 bridgehead atoms. The lowest BCUT2D eigenvalue weighted by molar-refractivity contribution is -0.150. The maximum atomic E-state index is 13.5. The normalized spacial score (nSPS) is 33.4. The van der Waals surface area contributed by atoms with Crippen LogP contribution in [0.5, 0.6) is 5.88 Å². The van der Waals surface area contributed by atoms with E-state index in [0.717, 1.165) is 63.7 Å². The molecule has 1 aromatic heterocycles. The Hall–Kier alpha value is -2.35. The van der Waals surface area contributed by atoms with Gasteiger partial charge in [0, 0.05) is 19.1 Å². The van der Waals surface area contributed by atoms with E-state index in [2.05, 4.69) is 10.2 Å². The molecule has 1 aliphatic heterocycles. The quantitative estimate of drug-likeness (QED) is 0.498. The fraction of sp³-hybridized carbons (Fsp3) is 0.750. The summed E-state index contributed by atoms with van der Waals surface area (Å²) in [5.74, 6) is 1.39. The average molecular weight is 500 g/mol. The molecular weight excluding hydrogens is 458 g/mol. The van der Waals surface area contributed by atoms with E-state index in [1.165, 1.54) is 0 Å². The van der Waals surface area contributed by atoms with Crippen LogP contribution in [0.3, 0.4) is 0 Å². The van der Waals surface area contributed by atoms with Crippen molar-refractivity contribution in [2.75, 3.05) is 24.6 Å². The minimum absolute atomic E-state index is 0.0141. The van der Waals surface area contributed by atoms with E-state index in [1.807, 2.05) is 13.0 Å². The number of aliphatic hydroxyl groups is 1. The summed E-state index contributed by atoms with van der Waals surface area (Å²) in [6.45, 7) is 7.49. The van der Waals surface area contributed by atoms with Crippen molar-refractivity contribution in [3.05, 3.63) is 17.7 Å². The number of aromatic nitrogens is 1. The number of nitrogens with zero attached hydrogens (tertiary/aromatic N) is 2. The number of carbonyl (C=O) groups excluding carboxylic acids is 1. The van der Waals surface area contributed by atoms with Crippen molar-refractivity contribution in [1.29, 1.82) is 0 Å². The number of carboxylic acid groups (broad SMARTS) is 1. The number of pyridine rings is 1. The highest BCUT2D eigenvalue weighted by atomic mass is 16.5. The van der Waals surface area contributed by atoms with Gasteiger partial charge in [-0.25, -0.2) is 0 Å². The molecule has 5 aliphatic rings. The molecule has 4 aliphatic carbocycles. The number of anilines is 1. The third kappa shape index (κ3) is 4.69. The van der Waals surface area contributed by atoms with Crippen LogP contribution in [-0.4, -0.2) is 58.4 Å².